The van der Waals surface area contributed by atoms with Crippen molar-refractivity contribution in [2.24, 2.45) is 11.3 Å². The molecule has 0 amide bonds. The molecule has 1 aliphatic rings. The molecule has 0 heterocycles. The molecule has 2 atom stereocenters. The zero-order valence-electron chi connectivity index (χ0n) is 11.9. The first-order valence-electron chi connectivity index (χ1n) is 6.64. The maximum Gasteiger partial charge on any atom is 0.192 e. The fourth-order valence-corrected chi connectivity index (χ4v) is 2.88. The molecule has 0 radical (unpaired) electrons. The number of benzene rings is 1. The van der Waals surface area contributed by atoms with Crippen LogP contribution in [0.4, 0.5) is 0 Å². The van der Waals surface area contributed by atoms with Crippen molar-refractivity contribution in [3.8, 4) is 0 Å². The summed E-state index contributed by atoms with van der Waals surface area (Å²) in [6.45, 7) is 5.97. The fraction of sp³-hybridized carbons (Fsp3) is 0.353. The second-order valence-electron chi connectivity index (χ2n) is 6.22. The summed E-state index contributed by atoms with van der Waals surface area (Å²) in [7, 11) is 0. The van der Waals surface area contributed by atoms with Crippen LogP contribution >= 0.6 is 11.6 Å². The minimum absolute atomic E-state index is 0.0525. The minimum atomic E-state index is -1.45. The number of ketones is 1. The van der Waals surface area contributed by atoms with Crippen LogP contribution < -0.4 is 0 Å². The highest BCUT2D eigenvalue weighted by Crippen LogP contribution is 2.42. The van der Waals surface area contributed by atoms with Crippen molar-refractivity contribution in [1.29, 1.82) is 0 Å². The van der Waals surface area contributed by atoms with Crippen LogP contribution in [0.5, 0.6) is 0 Å². The Morgan fingerprint density at radius 2 is 1.85 bits per heavy atom. The van der Waals surface area contributed by atoms with Gasteiger partial charge in [0.05, 0.1) is 0 Å². The molecule has 106 valence electrons. The van der Waals surface area contributed by atoms with Crippen molar-refractivity contribution in [3.05, 3.63) is 59.7 Å². The number of carbonyl (C=O) groups excluding carboxylic acids is 1. The number of Topliss-reactive ketones (excluding diaryl/α,β-unsaturated/α-hetero) is 1. The quantitative estimate of drug-likeness (QED) is 0.661. The predicted molar refractivity (Wildman–Crippen MR) is 81.7 cm³/mol. The molecule has 0 fully saturated rings. The molecule has 0 saturated carbocycles. The van der Waals surface area contributed by atoms with Crippen LogP contribution in [0.2, 0.25) is 0 Å². The van der Waals surface area contributed by atoms with Crippen LogP contribution in [0, 0.1) is 11.3 Å². The Bertz CT molecular complexity index is 562. The van der Waals surface area contributed by atoms with Gasteiger partial charge in [-0.3, -0.25) is 4.79 Å². The minimum Gasteiger partial charge on any atom is -0.371 e. The van der Waals surface area contributed by atoms with Crippen LogP contribution in [0.25, 0.3) is 0 Å². The Balaban J connectivity index is 2.37. The normalized spacial score (nSPS) is 26.2. The van der Waals surface area contributed by atoms with Gasteiger partial charge in [-0.1, -0.05) is 74.9 Å². The summed E-state index contributed by atoms with van der Waals surface area (Å²) in [5, 5.41) is 8.82. The molecule has 0 spiro atoms. The second-order valence-corrected chi connectivity index (χ2v) is 6.83. The summed E-state index contributed by atoms with van der Waals surface area (Å²) in [5.41, 5.74) is 0.959. The van der Waals surface area contributed by atoms with Gasteiger partial charge in [0, 0.05) is 17.1 Å². The van der Waals surface area contributed by atoms with Crippen LogP contribution in [-0.4, -0.2) is 16.0 Å². The first-order valence-corrected chi connectivity index (χ1v) is 7.02. The smallest absolute Gasteiger partial charge is 0.192 e. The van der Waals surface area contributed by atoms with E-state index in [2.05, 4.69) is 0 Å². The number of carbonyl (C=O) groups is 1. The zero-order valence-corrected chi connectivity index (χ0v) is 12.7. The van der Waals surface area contributed by atoms with Gasteiger partial charge in [0.2, 0.25) is 0 Å². The molecule has 1 aromatic carbocycles. The average Bonchev–Trinajstić information content (AvgIpc) is 2.37. The topological polar surface area (TPSA) is 37.3 Å². The first kappa shape index (κ1) is 15.0. The molecule has 0 saturated heterocycles. The van der Waals surface area contributed by atoms with E-state index in [1.165, 1.54) is 6.08 Å². The van der Waals surface area contributed by atoms with E-state index in [1.807, 2.05) is 39.0 Å². The lowest BCUT2D eigenvalue weighted by Gasteiger charge is -2.38. The maximum atomic E-state index is 12.4. The SMILES string of the molecule is CC(C)(C)C1C=C(C(=O)c2ccccc2)C=CC1(O)Cl. The van der Waals surface area contributed by atoms with Gasteiger partial charge in [-0.25, -0.2) is 0 Å². The molecule has 2 unspecified atom stereocenters. The molecule has 2 nitrogen and oxygen atoms in total. The number of aliphatic hydroxyl groups is 1. The van der Waals surface area contributed by atoms with E-state index < -0.39 is 5.06 Å². The molecule has 1 aromatic rings. The molecule has 0 aliphatic heterocycles. The van der Waals surface area contributed by atoms with Gasteiger partial charge in [0.1, 0.15) is 0 Å². The third kappa shape index (κ3) is 3.02. The fourth-order valence-electron chi connectivity index (χ4n) is 2.43. The molecule has 1 aliphatic carbocycles. The summed E-state index contributed by atoms with van der Waals surface area (Å²) in [6, 6.07) is 9.10. The van der Waals surface area contributed by atoms with E-state index in [1.54, 1.807) is 24.3 Å². The molecule has 0 aromatic heterocycles. The lowest BCUT2D eigenvalue weighted by Crippen LogP contribution is -2.39. The highest BCUT2D eigenvalue weighted by molar-refractivity contribution is 6.25. The lowest BCUT2D eigenvalue weighted by molar-refractivity contribution is 0.0697. The van der Waals surface area contributed by atoms with Crippen molar-refractivity contribution in [2.75, 3.05) is 0 Å². The molecule has 3 heteroatoms. The Morgan fingerprint density at radius 3 is 2.40 bits per heavy atom. The maximum absolute atomic E-state index is 12.4. The summed E-state index contributed by atoms with van der Waals surface area (Å²) < 4.78 is 0. The highest BCUT2D eigenvalue weighted by atomic mass is 35.5. The summed E-state index contributed by atoms with van der Waals surface area (Å²) in [4.78, 5) is 12.4. The zero-order chi connectivity index (χ0) is 15.0. The lowest BCUT2D eigenvalue weighted by atomic mass is 9.73. The van der Waals surface area contributed by atoms with Gasteiger partial charge in [0.25, 0.3) is 0 Å². The Hall–Kier alpha value is -1.38. The van der Waals surface area contributed by atoms with Crippen LogP contribution in [0.1, 0.15) is 31.1 Å². The van der Waals surface area contributed by atoms with E-state index in [4.69, 9.17) is 11.6 Å². The highest BCUT2D eigenvalue weighted by Gasteiger charge is 2.41. The van der Waals surface area contributed by atoms with Gasteiger partial charge in [0.15, 0.2) is 10.8 Å². The van der Waals surface area contributed by atoms with Crippen molar-refractivity contribution >= 4 is 17.4 Å². The molecule has 2 rings (SSSR count). The molecule has 20 heavy (non-hydrogen) atoms. The monoisotopic (exact) mass is 290 g/mol. The van der Waals surface area contributed by atoms with Crippen LogP contribution in [0.3, 0.4) is 0 Å². The molecule has 0 bridgehead atoms. The van der Waals surface area contributed by atoms with E-state index in [0.29, 0.717) is 11.1 Å². The Morgan fingerprint density at radius 1 is 1.25 bits per heavy atom. The third-order valence-corrected chi connectivity index (χ3v) is 3.87. The number of alkyl halides is 1. The van der Waals surface area contributed by atoms with Gasteiger partial charge in [-0.05, 0) is 11.5 Å². The van der Waals surface area contributed by atoms with Gasteiger partial charge in [-0.15, -0.1) is 0 Å². The van der Waals surface area contributed by atoms with E-state index in [9.17, 15) is 9.90 Å². The van der Waals surface area contributed by atoms with Crippen molar-refractivity contribution in [1.82, 2.24) is 0 Å². The summed E-state index contributed by atoms with van der Waals surface area (Å²) >= 11 is 6.15. The first-order chi connectivity index (χ1) is 9.22. The van der Waals surface area contributed by atoms with Crippen molar-refractivity contribution in [3.63, 3.8) is 0 Å². The van der Waals surface area contributed by atoms with Crippen molar-refractivity contribution < 1.29 is 9.90 Å². The van der Waals surface area contributed by atoms with Crippen molar-refractivity contribution in [2.45, 2.75) is 25.8 Å². The van der Waals surface area contributed by atoms with Gasteiger partial charge < -0.3 is 5.11 Å². The van der Waals surface area contributed by atoms with E-state index >= 15 is 0 Å². The molecular weight excluding hydrogens is 272 g/mol. The van der Waals surface area contributed by atoms with Crippen LogP contribution in [0.15, 0.2) is 54.1 Å². The van der Waals surface area contributed by atoms with Gasteiger partial charge in [-0.2, -0.15) is 0 Å². The van der Waals surface area contributed by atoms with Crippen LogP contribution in [-0.2, 0) is 0 Å². The standard InChI is InChI=1S/C17H19ClO2/c1-16(2,3)14-11-13(9-10-17(14,18)20)15(19)12-7-5-4-6-8-12/h4-11,14,20H,1-3H3. The van der Waals surface area contributed by atoms with Gasteiger partial charge >= 0.3 is 0 Å². The van der Waals surface area contributed by atoms with E-state index in [0.717, 1.165) is 0 Å². The third-order valence-electron chi connectivity index (χ3n) is 3.51. The second kappa shape index (κ2) is 5.19. The number of halogens is 1. The predicted octanol–water partition coefficient (Wildman–Crippen LogP) is 3.96. The number of allylic oxidation sites excluding steroid dienone is 2. The summed E-state index contributed by atoms with van der Waals surface area (Å²) in [6.07, 6.45) is 4.88. The largest absolute Gasteiger partial charge is 0.371 e. The molecular formula is C17H19ClO2. The Labute approximate surface area is 124 Å². The van der Waals surface area contributed by atoms with E-state index in [-0.39, 0.29) is 17.1 Å². The molecule has 1 N–H and O–H groups in total. The average molecular weight is 291 g/mol. The summed E-state index contributed by atoms with van der Waals surface area (Å²) in [5.74, 6) is -0.382. The number of hydrogen-bond acceptors (Lipinski definition) is 2. The number of hydrogen-bond donors (Lipinski definition) is 1. The Kier molecular flexibility index (Phi) is 3.90. The number of rotatable bonds is 2.